The number of terminal acetylenes is 1. The van der Waals surface area contributed by atoms with E-state index in [1.54, 1.807) is 0 Å². The quantitative estimate of drug-likeness (QED) is 0.703. The van der Waals surface area contributed by atoms with E-state index in [0.29, 0.717) is 6.54 Å². The van der Waals surface area contributed by atoms with Crippen LogP contribution in [0.5, 0.6) is 0 Å². The largest absolute Gasteiger partial charge is 0.339 e. The summed E-state index contributed by atoms with van der Waals surface area (Å²) < 4.78 is 0. The van der Waals surface area contributed by atoms with Crippen LogP contribution in [0.15, 0.2) is 0 Å². The van der Waals surface area contributed by atoms with Gasteiger partial charge in [-0.15, -0.1) is 6.42 Å². The maximum absolute atomic E-state index is 12.8. The number of nitrogens with one attached hydrogen (secondary N) is 1. The van der Waals surface area contributed by atoms with Crippen molar-refractivity contribution in [2.24, 2.45) is 0 Å². The molecule has 1 N–H and O–H groups in total. The number of carbonyl (C=O) groups excluding carboxylic acids is 1. The van der Waals surface area contributed by atoms with Crippen molar-refractivity contribution in [2.45, 2.75) is 19.4 Å². The lowest BCUT2D eigenvalue weighted by Crippen LogP contribution is -2.62. The van der Waals surface area contributed by atoms with E-state index in [9.17, 15) is 4.79 Å². The zero-order chi connectivity index (χ0) is 14.6. The highest BCUT2D eigenvalue weighted by atomic mass is 16.2. The van der Waals surface area contributed by atoms with E-state index in [-0.39, 0.29) is 5.91 Å². The van der Waals surface area contributed by atoms with Crippen molar-refractivity contribution in [3.8, 4) is 12.3 Å². The van der Waals surface area contributed by atoms with E-state index >= 15 is 0 Å². The molecule has 2 fully saturated rings. The molecule has 5 nitrogen and oxygen atoms in total. The van der Waals surface area contributed by atoms with Crippen LogP contribution in [0.25, 0.3) is 0 Å². The monoisotopic (exact) mass is 278 g/mol. The van der Waals surface area contributed by atoms with E-state index in [1.807, 2.05) is 4.90 Å². The van der Waals surface area contributed by atoms with Crippen molar-refractivity contribution in [3.05, 3.63) is 0 Å². The first-order valence-corrected chi connectivity index (χ1v) is 7.46. The van der Waals surface area contributed by atoms with Gasteiger partial charge in [-0.2, -0.15) is 0 Å². The van der Waals surface area contributed by atoms with E-state index in [4.69, 9.17) is 6.42 Å². The van der Waals surface area contributed by atoms with E-state index in [1.165, 1.54) is 0 Å². The average molecular weight is 278 g/mol. The van der Waals surface area contributed by atoms with Gasteiger partial charge in [0.15, 0.2) is 0 Å². The summed E-state index contributed by atoms with van der Waals surface area (Å²) in [6.07, 6.45) is 5.34. The zero-order valence-electron chi connectivity index (χ0n) is 12.7. The summed E-state index contributed by atoms with van der Waals surface area (Å²) in [6, 6.07) is 0. The van der Waals surface area contributed by atoms with Gasteiger partial charge in [0.25, 0.3) is 0 Å². The fourth-order valence-corrected chi connectivity index (χ4v) is 2.98. The third-order valence-electron chi connectivity index (χ3n) is 4.41. The van der Waals surface area contributed by atoms with E-state index in [2.05, 4.69) is 34.9 Å². The molecule has 112 valence electrons. The molecule has 0 spiro atoms. The van der Waals surface area contributed by atoms with Gasteiger partial charge in [-0.05, 0) is 13.8 Å². The Labute approximate surface area is 122 Å². The number of nitrogens with zero attached hydrogens (tertiary/aromatic N) is 3. The zero-order valence-corrected chi connectivity index (χ0v) is 12.7. The lowest BCUT2D eigenvalue weighted by molar-refractivity contribution is -0.144. The SMILES string of the molecule is C#CCN1CCN(C(=O)C(C)(C)N2CCNCC2)CC1. The number of carbonyl (C=O) groups is 1. The Morgan fingerprint density at radius 1 is 1.15 bits per heavy atom. The first-order valence-electron chi connectivity index (χ1n) is 7.46. The lowest BCUT2D eigenvalue weighted by atomic mass is 9.99. The number of rotatable bonds is 3. The molecule has 1 amide bonds. The molecule has 5 heteroatoms. The van der Waals surface area contributed by atoms with Crippen molar-refractivity contribution >= 4 is 5.91 Å². The smallest absolute Gasteiger partial charge is 0.242 e. The summed E-state index contributed by atoms with van der Waals surface area (Å²) in [4.78, 5) is 19.3. The Morgan fingerprint density at radius 3 is 2.30 bits per heavy atom. The number of hydrogen-bond acceptors (Lipinski definition) is 4. The molecule has 2 aliphatic heterocycles. The summed E-state index contributed by atoms with van der Waals surface area (Å²) in [5.74, 6) is 2.92. The Morgan fingerprint density at radius 2 is 1.75 bits per heavy atom. The van der Waals surface area contributed by atoms with Gasteiger partial charge < -0.3 is 10.2 Å². The van der Waals surface area contributed by atoms with Gasteiger partial charge in [0, 0.05) is 52.4 Å². The molecule has 0 saturated carbocycles. The van der Waals surface area contributed by atoms with Crippen LogP contribution in [0.4, 0.5) is 0 Å². The highest BCUT2D eigenvalue weighted by molar-refractivity contribution is 5.85. The highest BCUT2D eigenvalue weighted by Crippen LogP contribution is 2.19. The van der Waals surface area contributed by atoms with Crippen LogP contribution in [0, 0.1) is 12.3 Å². The van der Waals surface area contributed by atoms with E-state index < -0.39 is 5.54 Å². The summed E-state index contributed by atoms with van der Waals surface area (Å²) >= 11 is 0. The molecule has 0 aromatic carbocycles. The minimum atomic E-state index is -0.406. The molecular formula is C15H26N4O. The van der Waals surface area contributed by atoms with Gasteiger partial charge in [0.05, 0.1) is 12.1 Å². The maximum Gasteiger partial charge on any atom is 0.242 e. The minimum absolute atomic E-state index is 0.250. The second-order valence-electron chi connectivity index (χ2n) is 6.07. The minimum Gasteiger partial charge on any atom is -0.339 e. The van der Waals surface area contributed by atoms with Gasteiger partial charge in [0.2, 0.25) is 5.91 Å². The molecule has 0 aliphatic carbocycles. The predicted octanol–water partition coefficient (Wildman–Crippen LogP) is -0.552. The van der Waals surface area contributed by atoms with Crippen molar-refractivity contribution in [3.63, 3.8) is 0 Å². The van der Waals surface area contributed by atoms with Gasteiger partial charge in [-0.3, -0.25) is 14.6 Å². The third-order valence-corrected chi connectivity index (χ3v) is 4.41. The van der Waals surface area contributed by atoms with Gasteiger partial charge >= 0.3 is 0 Å². The first-order chi connectivity index (χ1) is 9.55. The molecule has 0 unspecified atom stereocenters. The number of amides is 1. The van der Waals surface area contributed by atoms with Crippen LogP contribution in [-0.2, 0) is 4.79 Å². The predicted molar refractivity (Wildman–Crippen MR) is 80.4 cm³/mol. The van der Waals surface area contributed by atoms with Gasteiger partial charge in [-0.25, -0.2) is 0 Å². The van der Waals surface area contributed by atoms with Crippen LogP contribution in [0.3, 0.4) is 0 Å². The fourth-order valence-electron chi connectivity index (χ4n) is 2.98. The average Bonchev–Trinajstić information content (AvgIpc) is 2.48. The molecule has 2 aliphatic rings. The molecule has 0 radical (unpaired) electrons. The second-order valence-corrected chi connectivity index (χ2v) is 6.07. The topological polar surface area (TPSA) is 38.8 Å². The fraction of sp³-hybridized carbons (Fsp3) is 0.800. The molecular weight excluding hydrogens is 252 g/mol. The molecule has 20 heavy (non-hydrogen) atoms. The Bertz CT molecular complexity index is 374. The molecule has 0 atom stereocenters. The molecule has 0 aromatic rings. The van der Waals surface area contributed by atoms with Crippen molar-refractivity contribution < 1.29 is 4.79 Å². The normalized spacial score (nSPS) is 22.6. The maximum atomic E-state index is 12.8. The second kappa shape index (κ2) is 6.57. The van der Waals surface area contributed by atoms with Crippen LogP contribution >= 0.6 is 0 Å². The van der Waals surface area contributed by atoms with Crippen LogP contribution in [0.1, 0.15) is 13.8 Å². The lowest BCUT2D eigenvalue weighted by Gasteiger charge is -2.44. The molecule has 0 aromatic heterocycles. The van der Waals surface area contributed by atoms with Gasteiger partial charge in [0.1, 0.15) is 0 Å². The summed E-state index contributed by atoms with van der Waals surface area (Å²) in [5, 5.41) is 3.33. The summed E-state index contributed by atoms with van der Waals surface area (Å²) in [7, 11) is 0. The molecule has 2 saturated heterocycles. The van der Waals surface area contributed by atoms with Crippen LogP contribution < -0.4 is 5.32 Å². The Balaban J connectivity index is 1.92. The highest BCUT2D eigenvalue weighted by Gasteiger charge is 2.38. The third kappa shape index (κ3) is 3.32. The number of hydrogen-bond donors (Lipinski definition) is 1. The number of piperazine rings is 2. The van der Waals surface area contributed by atoms with Crippen molar-refractivity contribution in [2.75, 3.05) is 58.9 Å². The van der Waals surface area contributed by atoms with Crippen molar-refractivity contribution in [1.29, 1.82) is 0 Å². The first kappa shape index (κ1) is 15.3. The van der Waals surface area contributed by atoms with Gasteiger partial charge in [-0.1, -0.05) is 5.92 Å². The van der Waals surface area contributed by atoms with Crippen molar-refractivity contribution in [1.82, 2.24) is 20.0 Å². The van der Waals surface area contributed by atoms with E-state index in [0.717, 1.165) is 52.4 Å². The van der Waals surface area contributed by atoms with Crippen LogP contribution in [-0.4, -0.2) is 85.0 Å². The summed E-state index contributed by atoms with van der Waals surface area (Å²) in [6.45, 7) is 11.9. The molecule has 2 rings (SSSR count). The Kier molecular flexibility index (Phi) is 5.03. The molecule has 2 heterocycles. The summed E-state index contributed by atoms with van der Waals surface area (Å²) in [5.41, 5.74) is -0.406. The standard InChI is InChI=1S/C15H26N4O/c1-4-7-17-10-12-18(13-11-17)14(20)15(2,3)19-8-5-16-6-9-19/h1,16H,5-13H2,2-3H3. The Hall–Kier alpha value is -1.09. The van der Waals surface area contributed by atoms with Crippen LogP contribution in [0.2, 0.25) is 0 Å². The molecule has 0 bridgehead atoms.